The second-order valence-electron chi connectivity index (χ2n) is 7.75. The summed E-state index contributed by atoms with van der Waals surface area (Å²) in [5.41, 5.74) is 0. The van der Waals surface area contributed by atoms with Gasteiger partial charge in [-0.1, -0.05) is 92.8 Å². The summed E-state index contributed by atoms with van der Waals surface area (Å²) in [5.74, 6) is -1.82. The van der Waals surface area contributed by atoms with E-state index in [0.29, 0.717) is 6.42 Å². The van der Waals surface area contributed by atoms with Gasteiger partial charge in [-0.15, -0.1) is 46.4 Å². The van der Waals surface area contributed by atoms with Crippen molar-refractivity contribution in [3.63, 3.8) is 0 Å². The largest absolute Gasteiger partial charge is 0.166 e. The minimum Gasteiger partial charge on any atom is -0.109 e. The van der Waals surface area contributed by atoms with Gasteiger partial charge in [-0.2, -0.15) is 0 Å². The quantitative estimate of drug-likeness (QED) is 0.241. The minimum atomic E-state index is -1.69. The van der Waals surface area contributed by atoms with E-state index in [2.05, 4.69) is 0 Å². The lowest BCUT2D eigenvalue weighted by Gasteiger charge is -2.43. The van der Waals surface area contributed by atoms with Crippen molar-refractivity contribution in [3.05, 3.63) is 20.1 Å². The molecular weight excluding hydrogens is 606 g/mol. The number of fused-ring (bicyclic) bond motifs is 11. The number of alkyl halides is 8. The third kappa shape index (κ3) is 1.71. The van der Waals surface area contributed by atoms with Gasteiger partial charge in [0.2, 0.25) is 0 Å². The molecule has 0 amide bonds. The first-order valence-corrected chi connectivity index (χ1v) is 12.3. The molecule has 150 valence electrons. The van der Waals surface area contributed by atoms with Crippen LogP contribution in [0.2, 0.25) is 0 Å². The van der Waals surface area contributed by atoms with Gasteiger partial charge in [0.15, 0.2) is 8.67 Å². The predicted molar refractivity (Wildman–Crippen MR) is 119 cm³/mol. The van der Waals surface area contributed by atoms with Crippen molar-refractivity contribution in [2.75, 3.05) is 0 Å². The minimum absolute atomic E-state index is 0.0836. The first-order valence-electron chi connectivity index (χ1n) is 7.74. The summed E-state index contributed by atoms with van der Waals surface area (Å²) in [5, 5.41) is 0.417. The zero-order valence-corrected chi connectivity index (χ0v) is 21.6. The van der Waals surface area contributed by atoms with E-state index in [0.717, 1.165) is 0 Å². The summed E-state index contributed by atoms with van der Waals surface area (Å²) in [7, 11) is 0. The van der Waals surface area contributed by atoms with Crippen LogP contribution in [0.3, 0.4) is 0 Å². The molecule has 12 heteroatoms. The molecular formula is C15H6Cl12. The average Bonchev–Trinajstić information content (AvgIpc) is 3.16. The maximum Gasteiger partial charge on any atom is 0.166 e. The molecule has 27 heavy (non-hydrogen) atoms. The topological polar surface area (TPSA) is 0 Å². The van der Waals surface area contributed by atoms with Crippen LogP contribution in [0.4, 0.5) is 0 Å². The molecule has 3 saturated carbocycles. The average molecular weight is 612 g/mol. The van der Waals surface area contributed by atoms with Crippen LogP contribution in [0.5, 0.6) is 0 Å². The van der Waals surface area contributed by atoms with Gasteiger partial charge < -0.3 is 0 Å². The lowest BCUT2D eigenvalue weighted by molar-refractivity contribution is 0.258. The van der Waals surface area contributed by atoms with Crippen LogP contribution in [0.1, 0.15) is 6.42 Å². The van der Waals surface area contributed by atoms with E-state index in [-0.39, 0.29) is 32.0 Å². The van der Waals surface area contributed by atoms with Crippen molar-refractivity contribution in [3.8, 4) is 0 Å². The van der Waals surface area contributed by atoms with Crippen LogP contribution in [-0.2, 0) is 0 Å². The number of hydrogen-bond donors (Lipinski definition) is 0. The Bertz CT molecular complexity index is 806. The summed E-state index contributed by atoms with van der Waals surface area (Å²) in [6.07, 6.45) is 0.397. The highest BCUT2D eigenvalue weighted by Crippen LogP contribution is 2.88. The maximum absolute atomic E-state index is 7.01. The molecule has 0 radical (unpaired) electrons. The standard InChI is InChI=1S/C15H6Cl12/c16-6-8(18)12(22)4-2(10(6,20)14(12,24)25)1-3-5(4)13(23)9(19)7(17)11(3,21)15(13,26)27/h2-5H,1H2/t2-,3+,4-,5+,10-,11-,12+,13+/m1/s1. The fourth-order valence-corrected chi connectivity index (χ4v) is 12.4. The van der Waals surface area contributed by atoms with E-state index < -0.39 is 40.0 Å². The zero-order valence-electron chi connectivity index (χ0n) is 12.6. The van der Waals surface area contributed by atoms with Gasteiger partial charge in [-0.3, -0.25) is 0 Å². The Morgan fingerprint density at radius 2 is 0.741 bits per heavy atom. The molecule has 0 unspecified atom stereocenters. The van der Waals surface area contributed by atoms with E-state index in [1.807, 2.05) is 0 Å². The number of rotatable bonds is 0. The van der Waals surface area contributed by atoms with Crippen molar-refractivity contribution in [1.82, 2.24) is 0 Å². The summed E-state index contributed by atoms with van der Waals surface area (Å²) in [6, 6.07) is 0. The highest BCUT2D eigenvalue weighted by molar-refractivity contribution is 6.67. The Morgan fingerprint density at radius 3 is 1.04 bits per heavy atom. The molecule has 0 N–H and O–H groups in total. The summed E-state index contributed by atoms with van der Waals surface area (Å²) in [6.45, 7) is 0. The third-order valence-corrected chi connectivity index (χ3v) is 15.8. The molecule has 0 aromatic carbocycles. The smallest absolute Gasteiger partial charge is 0.109 e. The maximum atomic E-state index is 7.01. The Kier molecular flexibility index (Phi) is 4.47. The summed E-state index contributed by atoms with van der Waals surface area (Å²) in [4.78, 5) is -5.83. The van der Waals surface area contributed by atoms with E-state index in [4.69, 9.17) is 139 Å². The Labute approximate surface area is 215 Å². The Morgan fingerprint density at radius 1 is 0.481 bits per heavy atom. The van der Waals surface area contributed by atoms with E-state index >= 15 is 0 Å². The van der Waals surface area contributed by atoms with Crippen LogP contribution >= 0.6 is 139 Å². The van der Waals surface area contributed by atoms with E-state index in [1.165, 1.54) is 0 Å². The highest BCUT2D eigenvalue weighted by Gasteiger charge is 2.92. The predicted octanol–water partition coefficient (Wildman–Crippen LogP) is 8.55. The number of hydrogen-bond acceptors (Lipinski definition) is 0. The SMILES string of the molecule is ClC1=C(Cl)[C@]2(Cl)[C@@H]3C[C@H]4[C@@H]([C@@H]3[C@@]1(Cl)C2(Cl)Cl)[C@]1(Cl)C(Cl)=C(Cl)[C@@]4(Cl)C1(Cl)Cl. The lowest BCUT2D eigenvalue weighted by atomic mass is 9.74. The second-order valence-corrected chi connectivity index (χ2v) is 14.3. The third-order valence-electron chi connectivity index (χ3n) is 7.19. The molecule has 0 aromatic heterocycles. The fourth-order valence-electron chi connectivity index (χ4n) is 6.16. The van der Waals surface area contributed by atoms with Gasteiger partial charge in [0, 0.05) is 0 Å². The van der Waals surface area contributed by atoms with E-state index in [9.17, 15) is 0 Å². The first kappa shape index (κ1) is 21.8. The zero-order chi connectivity index (χ0) is 20.3. The Balaban J connectivity index is 1.80. The lowest BCUT2D eigenvalue weighted by Crippen LogP contribution is -2.51. The number of halogens is 12. The molecule has 0 heterocycles. The molecule has 0 spiro atoms. The molecule has 0 aliphatic heterocycles. The normalized spacial score (nSPS) is 59.1. The molecule has 8 atom stereocenters. The van der Waals surface area contributed by atoms with Gasteiger partial charge in [0.05, 0.1) is 20.1 Å². The molecule has 0 aromatic rings. The van der Waals surface area contributed by atoms with Crippen molar-refractivity contribution in [1.29, 1.82) is 0 Å². The molecule has 3 fully saturated rings. The van der Waals surface area contributed by atoms with Crippen LogP contribution in [0, 0.1) is 23.7 Å². The summed E-state index contributed by atoms with van der Waals surface area (Å²) < 4.78 is -3.37. The second kappa shape index (κ2) is 5.53. The fraction of sp³-hybridized carbons (Fsp3) is 0.733. The molecule has 0 nitrogen and oxygen atoms in total. The van der Waals surface area contributed by atoms with Crippen molar-refractivity contribution in [2.24, 2.45) is 23.7 Å². The van der Waals surface area contributed by atoms with Crippen LogP contribution in [0.25, 0.3) is 0 Å². The van der Waals surface area contributed by atoms with Crippen molar-refractivity contribution < 1.29 is 0 Å². The van der Waals surface area contributed by atoms with Gasteiger partial charge >= 0.3 is 0 Å². The molecule has 5 aliphatic carbocycles. The van der Waals surface area contributed by atoms with Crippen LogP contribution < -0.4 is 0 Å². The number of allylic oxidation sites excluding steroid dienone is 4. The van der Waals surface area contributed by atoms with Crippen molar-refractivity contribution >= 4 is 139 Å². The van der Waals surface area contributed by atoms with Gasteiger partial charge in [-0.05, 0) is 30.1 Å². The van der Waals surface area contributed by atoms with Crippen LogP contribution in [-0.4, -0.2) is 28.2 Å². The van der Waals surface area contributed by atoms with Gasteiger partial charge in [0.25, 0.3) is 0 Å². The summed E-state index contributed by atoms with van der Waals surface area (Å²) >= 11 is 80.6. The molecule has 5 aliphatic rings. The monoisotopic (exact) mass is 606 g/mol. The van der Waals surface area contributed by atoms with Gasteiger partial charge in [0.1, 0.15) is 19.5 Å². The van der Waals surface area contributed by atoms with Crippen LogP contribution in [0.15, 0.2) is 20.1 Å². The first-order chi connectivity index (χ1) is 12.1. The van der Waals surface area contributed by atoms with Crippen molar-refractivity contribution in [2.45, 2.75) is 34.6 Å². The molecule has 5 rings (SSSR count). The van der Waals surface area contributed by atoms with E-state index in [1.54, 1.807) is 0 Å². The molecule has 4 bridgehead atoms. The molecule has 0 saturated heterocycles. The Hall–Kier alpha value is 2.96. The van der Waals surface area contributed by atoms with Gasteiger partial charge in [-0.25, -0.2) is 0 Å². The highest BCUT2D eigenvalue weighted by atomic mass is 35.5.